The molecule has 0 aromatic heterocycles. The Morgan fingerprint density at radius 2 is 1.52 bits per heavy atom. The van der Waals surface area contributed by atoms with Gasteiger partial charge in [-0.2, -0.15) is 0 Å². The zero-order valence-electron chi connectivity index (χ0n) is 15.9. The molecule has 0 aliphatic carbocycles. The first-order valence-electron chi connectivity index (χ1n) is 9.06. The maximum Gasteiger partial charge on any atom is 0.261 e. The van der Waals surface area contributed by atoms with Crippen molar-refractivity contribution >= 4 is 38.9 Å². The molecule has 2 N–H and O–H groups in total. The fourth-order valence-corrected chi connectivity index (χ4v) is 4.01. The van der Waals surface area contributed by atoms with E-state index >= 15 is 0 Å². The largest absolute Gasteiger partial charge is 0.326 e. The van der Waals surface area contributed by atoms with E-state index in [4.69, 9.17) is 11.6 Å². The van der Waals surface area contributed by atoms with Crippen LogP contribution in [0.1, 0.15) is 17.5 Å². The van der Waals surface area contributed by atoms with Crippen LogP contribution in [-0.4, -0.2) is 14.3 Å². The highest BCUT2D eigenvalue weighted by atomic mass is 35.5. The van der Waals surface area contributed by atoms with E-state index in [1.807, 2.05) is 25.1 Å². The summed E-state index contributed by atoms with van der Waals surface area (Å²) < 4.78 is 27.4. The molecule has 1 amide bonds. The maximum absolute atomic E-state index is 12.4. The number of aryl methyl sites for hydroxylation is 2. The third-order valence-electron chi connectivity index (χ3n) is 4.33. The van der Waals surface area contributed by atoms with E-state index in [9.17, 15) is 13.2 Å². The number of anilines is 2. The van der Waals surface area contributed by atoms with Crippen molar-refractivity contribution in [3.05, 3.63) is 88.9 Å². The van der Waals surface area contributed by atoms with Crippen LogP contribution >= 0.6 is 11.6 Å². The predicted octanol–water partition coefficient (Wildman–Crippen LogP) is 5.02. The normalized spacial score (nSPS) is 11.1. The first-order chi connectivity index (χ1) is 13.8. The van der Waals surface area contributed by atoms with Gasteiger partial charge in [-0.05, 0) is 61.4 Å². The zero-order chi connectivity index (χ0) is 20.9. The SMILES string of the molecule is Cc1ccc(S(=O)(=O)Nc2ccc(NC(=O)CCc3ccccc3Cl)cc2)cc1. The summed E-state index contributed by atoms with van der Waals surface area (Å²) in [6, 6.07) is 20.6. The van der Waals surface area contributed by atoms with Crippen molar-refractivity contribution in [2.45, 2.75) is 24.7 Å². The molecule has 3 aromatic carbocycles. The topological polar surface area (TPSA) is 75.3 Å². The number of halogens is 1. The Morgan fingerprint density at radius 1 is 0.897 bits per heavy atom. The summed E-state index contributed by atoms with van der Waals surface area (Å²) in [7, 11) is -3.66. The lowest BCUT2D eigenvalue weighted by atomic mass is 10.1. The lowest BCUT2D eigenvalue weighted by Gasteiger charge is -2.10. The summed E-state index contributed by atoms with van der Waals surface area (Å²) in [5, 5.41) is 3.44. The number of hydrogen-bond acceptors (Lipinski definition) is 3. The Balaban J connectivity index is 1.57. The summed E-state index contributed by atoms with van der Waals surface area (Å²) in [5.74, 6) is -0.141. The second-order valence-corrected chi connectivity index (χ2v) is 8.73. The molecule has 0 unspecified atom stereocenters. The quantitative estimate of drug-likeness (QED) is 0.554. The van der Waals surface area contributed by atoms with Gasteiger partial charge in [0.25, 0.3) is 10.0 Å². The summed E-state index contributed by atoms with van der Waals surface area (Å²) in [6.07, 6.45) is 0.839. The Kier molecular flexibility index (Phi) is 6.56. The molecule has 0 saturated carbocycles. The van der Waals surface area contributed by atoms with Gasteiger partial charge in [0.1, 0.15) is 0 Å². The van der Waals surface area contributed by atoms with Crippen molar-refractivity contribution in [3.63, 3.8) is 0 Å². The molecule has 3 aromatic rings. The van der Waals surface area contributed by atoms with Gasteiger partial charge in [-0.1, -0.05) is 47.5 Å². The molecule has 7 heteroatoms. The van der Waals surface area contributed by atoms with Gasteiger partial charge in [0.2, 0.25) is 5.91 Å². The molecular formula is C22H21ClN2O3S. The van der Waals surface area contributed by atoms with Gasteiger partial charge in [0, 0.05) is 22.8 Å². The minimum absolute atomic E-state index is 0.141. The van der Waals surface area contributed by atoms with Gasteiger partial charge in [0.05, 0.1) is 4.90 Å². The van der Waals surface area contributed by atoms with Gasteiger partial charge in [-0.3, -0.25) is 9.52 Å². The molecule has 150 valence electrons. The molecule has 0 saturated heterocycles. The molecule has 5 nitrogen and oxygen atoms in total. The Labute approximate surface area is 175 Å². The van der Waals surface area contributed by atoms with Crippen molar-refractivity contribution in [3.8, 4) is 0 Å². The standard InChI is InChI=1S/C22H21ClN2O3S/c1-16-6-13-20(14-7-16)29(27,28)25-19-11-9-18(10-12-19)24-22(26)15-8-17-4-2-3-5-21(17)23/h2-7,9-14,25H,8,15H2,1H3,(H,24,26). The zero-order valence-corrected chi connectivity index (χ0v) is 17.4. The molecule has 0 fully saturated rings. The molecule has 0 aliphatic rings. The summed E-state index contributed by atoms with van der Waals surface area (Å²) in [4.78, 5) is 12.4. The molecular weight excluding hydrogens is 408 g/mol. The number of carbonyl (C=O) groups is 1. The van der Waals surface area contributed by atoms with E-state index in [-0.39, 0.29) is 10.8 Å². The second kappa shape index (κ2) is 9.11. The minimum Gasteiger partial charge on any atom is -0.326 e. The molecule has 0 spiro atoms. The third-order valence-corrected chi connectivity index (χ3v) is 6.10. The third kappa shape index (κ3) is 5.82. The van der Waals surface area contributed by atoms with Gasteiger partial charge in [-0.25, -0.2) is 8.42 Å². The van der Waals surface area contributed by atoms with Crippen LogP contribution in [0.3, 0.4) is 0 Å². The van der Waals surface area contributed by atoms with E-state index in [1.54, 1.807) is 54.6 Å². The smallest absolute Gasteiger partial charge is 0.261 e. The number of carbonyl (C=O) groups excluding carboxylic acids is 1. The number of sulfonamides is 1. The summed E-state index contributed by atoms with van der Waals surface area (Å²) >= 11 is 6.10. The van der Waals surface area contributed by atoms with E-state index in [0.29, 0.717) is 29.2 Å². The van der Waals surface area contributed by atoms with Crippen LogP contribution < -0.4 is 10.0 Å². The molecule has 0 heterocycles. The Hall–Kier alpha value is -2.83. The first kappa shape index (κ1) is 20.9. The van der Waals surface area contributed by atoms with Gasteiger partial charge >= 0.3 is 0 Å². The van der Waals surface area contributed by atoms with E-state index < -0.39 is 10.0 Å². The van der Waals surface area contributed by atoms with Crippen LogP contribution in [0, 0.1) is 6.92 Å². The van der Waals surface area contributed by atoms with Crippen molar-refractivity contribution in [2.75, 3.05) is 10.0 Å². The Morgan fingerprint density at radius 3 is 2.17 bits per heavy atom. The number of amides is 1. The lowest BCUT2D eigenvalue weighted by molar-refractivity contribution is -0.116. The van der Waals surface area contributed by atoms with Crippen molar-refractivity contribution in [1.82, 2.24) is 0 Å². The fourth-order valence-electron chi connectivity index (χ4n) is 2.73. The van der Waals surface area contributed by atoms with Crippen molar-refractivity contribution < 1.29 is 13.2 Å². The lowest BCUT2D eigenvalue weighted by Crippen LogP contribution is -2.14. The Bertz CT molecular complexity index is 1100. The van der Waals surface area contributed by atoms with Crippen LogP contribution in [0.5, 0.6) is 0 Å². The monoisotopic (exact) mass is 428 g/mol. The molecule has 0 aliphatic heterocycles. The average Bonchev–Trinajstić information content (AvgIpc) is 2.69. The van der Waals surface area contributed by atoms with E-state index in [0.717, 1.165) is 11.1 Å². The second-order valence-electron chi connectivity index (χ2n) is 6.64. The highest BCUT2D eigenvalue weighted by Crippen LogP contribution is 2.20. The number of rotatable bonds is 7. The van der Waals surface area contributed by atoms with Crippen LogP contribution in [-0.2, 0) is 21.2 Å². The van der Waals surface area contributed by atoms with Crippen LogP contribution in [0.15, 0.2) is 77.7 Å². The van der Waals surface area contributed by atoms with Crippen molar-refractivity contribution in [2.24, 2.45) is 0 Å². The summed E-state index contributed by atoms with van der Waals surface area (Å²) in [6.45, 7) is 1.89. The van der Waals surface area contributed by atoms with E-state index in [2.05, 4.69) is 10.0 Å². The fraction of sp³-hybridized carbons (Fsp3) is 0.136. The van der Waals surface area contributed by atoms with Crippen LogP contribution in [0.4, 0.5) is 11.4 Å². The number of hydrogen-bond donors (Lipinski definition) is 2. The van der Waals surface area contributed by atoms with Crippen LogP contribution in [0.2, 0.25) is 5.02 Å². The number of benzene rings is 3. The molecule has 0 atom stereocenters. The predicted molar refractivity (Wildman–Crippen MR) is 117 cm³/mol. The maximum atomic E-state index is 12.4. The van der Waals surface area contributed by atoms with Gasteiger partial charge < -0.3 is 5.32 Å². The van der Waals surface area contributed by atoms with Crippen molar-refractivity contribution in [1.29, 1.82) is 0 Å². The molecule has 29 heavy (non-hydrogen) atoms. The molecule has 3 rings (SSSR count). The average molecular weight is 429 g/mol. The van der Waals surface area contributed by atoms with Crippen LogP contribution in [0.25, 0.3) is 0 Å². The first-order valence-corrected chi connectivity index (χ1v) is 10.9. The highest BCUT2D eigenvalue weighted by Gasteiger charge is 2.14. The summed E-state index contributed by atoms with van der Waals surface area (Å²) in [5.41, 5.74) is 2.91. The highest BCUT2D eigenvalue weighted by molar-refractivity contribution is 7.92. The van der Waals surface area contributed by atoms with Gasteiger partial charge in [0.15, 0.2) is 0 Å². The molecule has 0 bridgehead atoms. The van der Waals surface area contributed by atoms with Gasteiger partial charge in [-0.15, -0.1) is 0 Å². The number of nitrogens with one attached hydrogen (secondary N) is 2. The van der Waals surface area contributed by atoms with E-state index in [1.165, 1.54) is 0 Å². The minimum atomic E-state index is -3.66. The molecule has 0 radical (unpaired) electrons.